The molecule has 0 aliphatic heterocycles. The van der Waals surface area contributed by atoms with Crippen LogP contribution in [0.3, 0.4) is 0 Å². The van der Waals surface area contributed by atoms with Crippen LogP contribution in [0.25, 0.3) is 11.4 Å². The van der Waals surface area contributed by atoms with Crippen molar-refractivity contribution in [3.05, 3.63) is 54.1 Å². The van der Waals surface area contributed by atoms with Crippen molar-refractivity contribution in [2.45, 2.75) is 71.7 Å². The molecule has 3 aromatic rings. The molecule has 0 saturated carbocycles. The number of hydrogen-bond acceptors (Lipinski definition) is 5. The second-order valence-corrected chi connectivity index (χ2v) is 15.1. The lowest BCUT2D eigenvalue weighted by molar-refractivity contribution is 0.112. The number of aryl methyl sites for hydroxylation is 1. The van der Waals surface area contributed by atoms with Gasteiger partial charge in [0.05, 0.1) is 6.10 Å². The second-order valence-electron chi connectivity index (χ2n) is 10.3. The summed E-state index contributed by atoms with van der Waals surface area (Å²) in [5.41, 5.74) is 4.33. The van der Waals surface area contributed by atoms with Crippen molar-refractivity contribution in [3.8, 4) is 11.4 Å². The lowest BCUT2D eigenvalue weighted by atomic mass is 9.91. The molecule has 0 aliphatic carbocycles. The van der Waals surface area contributed by atoms with E-state index in [0.29, 0.717) is 5.92 Å². The van der Waals surface area contributed by atoms with Gasteiger partial charge < -0.3 is 9.74 Å². The summed E-state index contributed by atoms with van der Waals surface area (Å²) < 4.78 is 8.62. The molecular formula is C26H39N5OSi. The van der Waals surface area contributed by atoms with E-state index in [-0.39, 0.29) is 11.1 Å². The van der Waals surface area contributed by atoms with E-state index in [0.717, 1.165) is 35.6 Å². The maximum Gasteiger partial charge on any atom is 0.192 e. The summed E-state index contributed by atoms with van der Waals surface area (Å²) >= 11 is 0. The Bertz CT molecular complexity index is 1020. The number of hydrogen-bond donors (Lipinski definition) is 1. The van der Waals surface area contributed by atoms with Crippen molar-refractivity contribution in [1.29, 1.82) is 0 Å². The van der Waals surface area contributed by atoms with Crippen LogP contribution in [0, 0.1) is 5.92 Å². The highest BCUT2D eigenvalue weighted by molar-refractivity contribution is 6.74. The van der Waals surface area contributed by atoms with Gasteiger partial charge in [0.2, 0.25) is 0 Å². The maximum absolute atomic E-state index is 6.95. The molecule has 1 heterocycles. The molecule has 6 nitrogen and oxygen atoms in total. The van der Waals surface area contributed by atoms with Crippen molar-refractivity contribution in [3.63, 3.8) is 0 Å². The van der Waals surface area contributed by atoms with Crippen LogP contribution in [0.2, 0.25) is 18.1 Å². The Morgan fingerprint density at radius 1 is 0.939 bits per heavy atom. The van der Waals surface area contributed by atoms with Crippen LogP contribution in [-0.4, -0.2) is 28.5 Å². The molecule has 1 aromatic heterocycles. The van der Waals surface area contributed by atoms with Crippen LogP contribution >= 0.6 is 0 Å². The van der Waals surface area contributed by atoms with E-state index in [4.69, 9.17) is 4.43 Å². The molecule has 2 aromatic carbocycles. The Hall–Kier alpha value is -2.51. The van der Waals surface area contributed by atoms with Crippen molar-refractivity contribution in [2.24, 2.45) is 13.0 Å². The average Bonchev–Trinajstić information content (AvgIpc) is 3.20. The number of rotatable bonds is 9. The highest BCUT2D eigenvalue weighted by Crippen LogP contribution is 2.43. The number of nitrogens with zero attached hydrogens (tertiary/aromatic N) is 4. The standard InChI is InChI=1S/C26H39N5OSi/c1-9-19(10-2)24(32-33(7,8)26(3,4)5)20-11-15-22(16-12-20)27-23-17-13-21(14-18-23)25-28-29-30-31(25)6/h11-19,24,27H,9-10H2,1-8H3. The van der Waals surface area contributed by atoms with Gasteiger partial charge in [-0.3, -0.25) is 0 Å². The molecule has 0 amide bonds. The zero-order valence-corrected chi connectivity index (χ0v) is 22.4. The van der Waals surface area contributed by atoms with E-state index in [2.05, 4.69) is 92.8 Å². The van der Waals surface area contributed by atoms with Gasteiger partial charge in [0.15, 0.2) is 14.1 Å². The van der Waals surface area contributed by atoms with Crippen LogP contribution < -0.4 is 5.32 Å². The molecule has 0 saturated heterocycles. The van der Waals surface area contributed by atoms with Crippen LogP contribution in [0.4, 0.5) is 11.4 Å². The van der Waals surface area contributed by atoms with Gasteiger partial charge in [0.1, 0.15) is 0 Å². The fourth-order valence-electron chi connectivity index (χ4n) is 3.75. The van der Waals surface area contributed by atoms with Crippen LogP contribution in [0.1, 0.15) is 59.1 Å². The third-order valence-corrected chi connectivity index (χ3v) is 11.5. The lowest BCUT2D eigenvalue weighted by Gasteiger charge is -2.41. The molecule has 178 valence electrons. The van der Waals surface area contributed by atoms with E-state index in [1.807, 2.05) is 31.3 Å². The Morgan fingerprint density at radius 3 is 1.94 bits per heavy atom. The van der Waals surface area contributed by atoms with Gasteiger partial charge in [-0.05, 0) is 76.4 Å². The molecule has 1 atom stereocenters. The Labute approximate surface area is 199 Å². The van der Waals surface area contributed by atoms with E-state index < -0.39 is 8.32 Å². The summed E-state index contributed by atoms with van der Waals surface area (Å²) in [6, 6.07) is 16.9. The first-order chi connectivity index (χ1) is 15.6. The first kappa shape index (κ1) is 25.1. The third-order valence-electron chi connectivity index (χ3n) is 7.00. The maximum atomic E-state index is 6.95. The molecule has 7 heteroatoms. The molecule has 0 fully saturated rings. The molecule has 0 bridgehead atoms. The van der Waals surface area contributed by atoms with Crippen molar-refractivity contribution in [2.75, 3.05) is 5.32 Å². The molecule has 33 heavy (non-hydrogen) atoms. The fraction of sp³-hybridized carbons (Fsp3) is 0.500. The molecule has 0 radical (unpaired) electrons. The average molecular weight is 466 g/mol. The smallest absolute Gasteiger partial charge is 0.192 e. The second kappa shape index (κ2) is 10.2. The topological polar surface area (TPSA) is 64.9 Å². The normalized spacial score (nSPS) is 13.4. The van der Waals surface area contributed by atoms with Crippen molar-refractivity contribution in [1.82, 2.24) is 20.2 Å². The minimum absolute atomic E-state index is 0.134. The van der Waals surface area contributed by atoms with Gasteiger partial charge in [-0.1, -0.05) is 59.6 Å². The first-order valence-electron chi connectivity index (χ1n) is 11.9. The minimum Gasteiger partial charge on any atom is -0.410 e. The van der Waals surface area contributed by atoms with E-state index in [1.165, 1.54) is 5.56 Å². The van der Waals surface area contributed by atoms with Crippen LogP contribution in [-0.2, 0) is 11.5 Å². The van der Waals surface area contributed by atoms with Gasteiger partial charge >= 0.3 is 0 Å². The summed E-state index contributed by atoms with van der Waals surface area (Å²) in [7, 11) is -0.0444. The zero-order chi connectivity index (χ0) is 24.2. The predicted octanol–water partition coefficient (Wildman–Crippen LogP) is 7.12. The highest BCUT2D eigenvalue weighted by Gasteiger charge is 2.40. The Kier molecular flexibility index (Phi) is 7.75. The molecule has 1 N–H and O–H groups in total. The van der Waals surface area contributed by atoms with Crippen molar-refractivity contribution < 1.29 is 4.43 Å². The summed E-state index contributed by atoms with van der Waals surface area (Å²) in [6.45, 7) is 16.2. The van der Waals surface area contributed by atoms with E-state index in [9.17, 15) is 0 Å². The van der Waals surface area contributed by atoms with Gasteiger partial charge in [0, 0.05) is 24.0 Å². The number of aromatic nitrogens is 4. The number of benzene rings is 2. The molecule has 1 unspecified atom stereocenters. The van der Waals surface area contributed by atoms with E-state index >= 15 is 0 Å². The lowest BCUT2D eigenvalue weighted by Crippen LogP contribution is -2.43. The fourth-order valence-corrected chi connectivity index (χ4v) is 5.06. The van der Waals surface area contributed by atoms with Crippen molar-refractivity contribution >= 4 is 19.7 Å². The summed E-state index contributed by atoms with van der Waals surface area (Å²) in [6.07, 6.45) is 2.36. The summed E-state index contributed by atoms with van der Waals surface area (Å²) in [5.74, 6) is 1.26. The van der Waals surface area contributed by atoms with Gasteiger partial charge in [0.25, 0.3) is 0 Å². The molecule has 0 aliphatic rings. The van der Waals surface area contributed by atoms with E-state index in [1.54, 1.807) is 4.68 Å². The summed E-state index contributed by atoms with van der Waals surface area (Å²) in [5, 5.41) is 15.4. The highest BCUT2D eigenvalue weighted by atomic mass is 28.4. The molecule has 0 spiro atoms. The van der Waals surface area contributed by atoms with Gasteiger partial charge in [-0.15, -0.1) is 5.10 Å². The minimum atomic E-state index is -1.88. The first-order valence-corrected chi connectivity index (χ1v) is 14.8. The largest absolute Gasteiger partial charge is 0.410 e. The monoisotopic (exact) mass is 465 g/mol. The van der Waals surface area contributed by atoms with Crippen LogP contribution in [0.15, 0.2) is 48.5 Å². The quantitative estimate of drug-likeness (QED) is 0.341. The van der Waals surface area contributed by atoms with Gasteiger partial charge in [-0.2, -0.15) is 0 Å². The predicted molar refractivity (Wildman–Crippen MR) is 139 cm³/mol. The number of anilines is 2. The molecular weight excluding hydrogens is 426 g/mol. The summed E-state index contributed by atoms with van der Waals surface area (Å²) in [4.78, 5) is 0. The van der Waals surface area contributed by atoms with Crippen LogP contribution in [0.5, 0.6) is 0 Å². The number of nitrogens with one attached hydrogen (secondary N) is 1. The number of tetrazole rings is 1. The molecule has 3 rings (SSSR count). The Morgan fingerprint density at radius 2 is 1.48 bits per heavy atom. The Balaban J connectivity index is 1.77. The van der Waals surface area contributed by atoms with Gasteiger partial charge in [-0.25, -0.2) is 4.68 Å². The SMILES string of the molecule is CCC(CC)C(O[Si](C)(C)C(C)(C)C)c1ccc(Nc2ccc(-c3nnnn3C)cc2)cc1. The third kappa shape index (κ3) is 5.89. The zero-order valence-electron chi connectivity index (χ0n) is 21.4.